The Hall–Kier alpha value is -3.90. The Morgan fingerprint density at radius 2 is 1.51 bits per heavy atom. The van der Waals surface area contributed by atoms with Gasteiger partial charge in [-0.15, -0.1) is 11.3 Å². The first-order valence-corrected chi connectivity index (χ1v) is 19.2. The van der Waals surface area contributed by atoms with E-state index >= 15 is 0 Å². The predicted octanol–water partition coefficient (Wildman–Crippen LogP) is 7.59. The molecule has 1 atom stereocenters. The third kappa shape index (κ3) is 8.43. The van der Waals surface area contributed by atoms with Crippen LogP contribution in [0.15, 0.2) is 53.5 Å². The Bertz CT molecular complexity index is 1860. The fourth-order valence-corrected chi connectivity index (χ4v) is 8.28. The molecule has 1 aromatic heterocycles. The van der Waals surface area contributed by atoms with Crippen molar-refractivity contribution in [3.8, 4) is 33.6 Å². The third-order valence-corrected chi connectivity index (χ3v) is 11.2. The van der Waals surface area contributed by atoms with E-state index in [1.54, 1.807) is 31.6 Å². The number of nitrogens with zero attached hydrogens (tertiary/aromatic N) is 5. The van der Waals surface area contributed by atoms with E-state index < -0.39 is 0 Å². The lowest BCUT2D eigenvalue weighted by Crippen LogP contribution is -2.46. The molecular formula is C39H46ClN5O5S. The van der Waals surface area contributed by atoms with Crippen molar-refractivity contribution < 1.29 is 23.7 Å². The van der Waals surface area contributed by atoms with Crippen LogP contribution < -0.4 is 18.9 Å². The van der Waals surface area contributed by atoms with Gasteiger partial charge in [0, 0.05) is 55.6 Å². The highest BCUT2D eigenvalue weighted by Gasteiger charge is 2.32. The number of methoxy groups -OCH3 is 2. The van der Waals surface area contributed by atoms with Crippen LogP contribution in [0.4, 0.5) is 5.69 Å². The number of halogens is 1. The van der Waals surface area contributed by atoms with Crippen molar-refractivity contribution in [2.45, 2.75) is 44.6 Å². The number of thiazole rings is 1. The smallest absolute Gasteiger partial charge is 0.256 e. The zero-order valence-electron chi connectivity index (χ0n) is 29.4. The molecule has 0 saturated carbocycles. The van der Waals surface area contributed by atoms with Gasteiger partial charge in [-0.3, -0.25) is 9.79 Å². The SMILES string of the molecule is COc1cc(-c2nc3ccc(Cl)cc3s2)ccc1OCCCCN1CCN(CCCCOc2cc3c(cc2OC)C(=O)N2CCC[C@@H]2C=N3)CC1. The largest absolute Gasteiger partial charge is 0.493 e. The van der Waals surface area contributed by atoms with Crippen LogP contribution in [0.25, 0.3) is 20.8 Å². The van der Waals surface area contributed by atoms with Gasteiger partial charge in [-0.05, 0) is 94.1 Å². The number of hydrogen-bond donors (Lipinski definition) is 0. The summed E-state index contributed by atoms with van der Waals surface area (Å²) in [5.41, 5.74) is 3.19. The molecule has 51 heavy (non-hydrogen) atoms. The normalized spacial score (nSPS) is 17.7. The van der Waals surface area contributed by atoms with Gasteiger partial charge in [0.1, 0.15) is 5.01 Å². The molecule has 0 N–H and O–H groups in total. The van der Waals surface area contributed by atoms with E-state index in [2.05, 4.69) is 14.8 Å². The van der Waals surface area contributed by atoms with Crippen molar-refractivity contribution in [3.63, 3.8) is 0 Å². The maximum absolute atomic E-state index is 13.1. The lowest BCUT2D eigenvalue weighted by molar-refractivity contribution is 0.0774. The predicted molar refractivity (Wildman–Crippen MR) is 204 cm³/mol. The Balaban J connectivity index is 0.781. The second kappa shape index (κ2) is 16.6. The molecular weight excluding hydrogens is 686 g/mol. The number of carbonyl (C=O) groups is 1. The van der Waals surface area contributed by atoms with Crippen molar-refractivity contribution in [2.24, 2.45) is 4.99 Å². The molecule has 270 valence electrons. The average Bonchev–Trinajstić information content (AvgIpc) is 3.78. The minimum absolute atomic E-state index is 0.0246. The summed E-state index contributed by atoms with van der Waals surface area (Å²) < 4.78 is 24.6. The van der Waals surface area contributed by atoms with Crippen LogP contribution in [0.3, 0.4) is 0 Å². The summed E-state index contributed by atoms with van der Waals surface area (Å²) in [5.74, 6) is 2.73. The first-order valence-electron chi connectivity index (χ1n) is 18.0. The molecule has 2 saturated heterocycles. The highest BCUT2D eigenvalue weighted by Crippen LogP contribution is 2.39. The van der Waals surface area contributed by atoms with Crippen molar-refractivity contribution in [1.29, 1.82) is 0 Å². The summed E-state index contributed by atoms with van der Waals surface area (Å²) in [6.45, 7) is 8.53. The lowest BCUT2D eigenvalue weighted by atomic mass is 10.1. The molecule has 2 fully saturated rings. The van der Waals surface area contributed by atoms with Crippen molar-refractivity contribution in [3.05, 3.63) is 59.1 Å². The number of benzene rings is 3. The van der Waals surface area contributed by atoms with Gasteiger partial charge in [0.05, 0.1) is 54.9 Å². The molecule has 0 radical (unpaired) electrons. The molecule has 3 aliphatic rings. The summed E-state index contributed by atoms with van der Waals surface area (Å²) in [4.78, 5) is 29.5. The highest BCUT2D eigenvalue weighted by molar-refractivity contribution is 7.21. The van der Waals surface area contributed by atoms with Gasteiger partial charge in [-0.2, -0.15) is 0 Å². The number of aromatic nitrogens is 1. The minimum Gasteiger partial charge on any atom is -0.493 e. The minimum atomic E-state index is 0.0246. The topological polar surface area (TPSA) is 89.0 Å². The van der Waals surface area contributed by atoms with Crippen LogP contribution in [0.2, 0.25) is 5.02 Å². The molecule has 12 heteroatoms. The number of amides is 1. The van der Waals surface area contributed by atoms with Crippen LogP contribution in [0.5, 0.6) is 23.0 Å². The maximum Gasteiger partial charge on any atom is 0.256 e. The number of carbonyl (C=O) groups excluding carboxylic acids is 1. The van der Waals surface area contributed by atoms with E-state index in [9.17, 15) is 4.79 Å². The number of rotatable bonds is 15. The molecule has 0 spiro atoms. The maximum atomic E-state index is 13.1. The van der Waals surface area contributed by atoms with E-state index in [4.69, 9.17) is 35.5 Å². The fraction of sp³-hybridized carbons (Fsp3) is 0.462. The van der Waals surface area contributed by atoms with Crippen LogP contribution in [-0.2, 0) is 0 Å². The van der Waals surface area contributed by atoms with Crippen molar-refractivity contribution >= 4 is 51.0 Å². The first-order chi connectivity index (χ1) is 25.0. The molecule has 3 aliphatic heterocycles. The Morgan fingerprint density at radius 1 is 0.804 bits per heavy atom. The molecule has 4 heterocycles. The van der Waals surface area contributed by atoms with E-state index in [-0.39, 0.29) is 11.9 Å². The standard InChI is InChI=1S/C39H46ClN5O5S/c1-47-34-22-27(38-42-31-11-10-28(40)23-37(31)51-38)9-12-33(34)49-20-5-3-13-43-16-18-44(19-17-43)14-4-6-21-50-36-25-32-30(24-35(36)48-2)39(46)45-15-7-8-29(45)26-41-32/h9-12,22-26,29H,3-8,13-21H2,1-2H3/t29-/m1/s1. The van der Waals surface area contributed by atoms with Gasteiger partial charge in [0.25, 0.3) is 5.91 Å². The van der Waals surface area contributed by atoms with E-state index in [0.717, 1.165) is 111 Å². The number of fused-ring (bicyclic) bond motifs is 3. The van der Waals surface area contributed by atoms with Gasteiger partial charge in [0.15, 0.2) is 23.0 Å². The summed E-state index contributed by atoms with van der Waals surface area (Å²) in [6, 6.07) is 15.5. The summed E-state index contributed by atoms with van der Waals surface area (Å²) >= 11 is 7.78. The van der Waals surface area contributed by atoms with E-state index in [1.165, 1.54) is 0 Å². The summed E-state index contributed by atoms with van der Waals surface area (Å²) in [5, 5.41) is 1.65. The first kappa shape index (κ1) is 35.5. The molecule has 0 bridgehead atoms. The fourth-order valence-electron chi connectivity index (χ4n) is 7.04. The quantitative estimate of drug-likeness (QED) is 0.116. The Morgan fingerprint density at radius 3 is 2.24 bits per heavy atom. The molecule has 3 aromatic carbocycles. The van der Waals surface area contributed by atoms with Crippen LogP contribution >= 0.6 is 22.9 Å². The van der Waals surface area contributed by atoms with Crippen molar-refractivity contribution in [2.75, 3.05) is 73.2 Å². The van der Waals surface area contributed by atoms with Gasteiger partial charge in [0.2, 0.25) is 0 Å². The third-order valence-electron chi connectivity index (χ3n) is 9.94. The number of unbranched alkanes of at least 4 members (excludes halogenated alkanes) is 2. The number of ether oxygens (including phenoxy) is 4. The molecule has 7 rings (SSSR count). The number of aliphatic imine (C=N–C) groups is 1. The van der Waals surface area contributed by atoms with Crippen LogP contribution in [0.1, 0.15) is 48.9 Å². The van der Waals surface area contributed by atoms with E-state index in [1.807, 2.05) is 53.6 Å². The molecule has 10 nitrogen and oxygen atoms in total. The van der Waals surface area contributed by atoms with Gasteiger partial charge in [-0.25, -0.2) is 4.98 Å². The van der Waals surface area contributed by atoms with Gasteiger partial charge in [-0.1, -0.05) is 11.6 Å². The Labute approximate surface area is 308 Å². The summed E-state index contributed by atoms with van der Waals surface area (Å²) in [6.07, 6.45) is 7.98. The van der Waals surface area contributed by atoms with Crippen LogP contribution in [0, 0.1) is 0 Å². The van der Waals surface area contributed by atoms with Gasteiger partial charge >= 0.3 is 0 Å². The lowest BCUT2D eigenvalue weighted by Gasteiger charge is -2.34. The molecule has 0 aliphatic carbocycles. The summed E-state index contributed by atoms with van der Waals surface area (Å²) in [7, 11) is 3.29. The second-order valence-corrected chi connectivity index (χ2v) is 14.8. The average molecular weight is 732 g/mol. The van der Waals surface area contributed by atoms with E-state index in [0.29, 0.717) is 46.7 Å². The van der Waals surface area contributed by atoms with Crippen LogP contribution in [-0.4, -0.2) is 111 Å². The highest BCUT2D eigenvalue weighted by atomic mass is 35.5. The second-order valence-electron chi connectivity index (χ2n) is 13.3. The van der Waals surface area contributed by atoms with Gasteiger partial charge < -0.3 is 33.6 Å². The zero-order valence-corrected chi connectivity index (χ0v) is 31.0. The molecule has 1 amide bonds. The Kier molecular flexibility index (Phi) is 11.6. The molecule has 0 unspecified atom stereocenters. The number of piperazine rings is 1. The monoisotopic (exact) mass is 731 g/mol. The zero-order chi connectivity index (χ0) is 35.2. The molecule has 4 aromatic rings. The van der Waals surface area contributed by atoms with Crippen molar-refractivity contribution in [1.82, 2.24) is 19.7 Å². The number of hydrogen-bond acceptors (Lipinski definition) is 10.